The highest BCUT2D eigenvalue weighted by molar-refractivity contribution is 5.35. The van der Waals surface area contributed by atoms with Gasteiger partial charge in [0.15, 0.2) is 12.1 Å². The van der Waals surface area contributed by atoms with E-state index in [-0.39, 0.29) is 5.92 Å². The van der Waals surface area contributed by atoms with Crippen molar-refractivity contribution in [3.63, 3.8) is 0 Å². The van der Waals surface area contributed by atoms with Crippen molar-refractivity contribution in [3.05, 3.63) is 23.3 Å². The minimum atomic E-state index is -0.669. The first-order valence-corrected chi connectivity index (χ1v) is 12.7. The quantitative estimate of drug-likeness (QED) is 0.452. The van der Waals surface area contributed by atoms with Crippen LogP contribution in [0, 0.1) is 29.6 Å². The van der Waals surface area contributed by atoms with Gasteiger partial charge in [-0.05, 0) is 81.1 Å². The summed E-state index contributed by atoms with van der Waals surface area (Å²) < 4.78 is 47.7. The molecular weight excluding hydrogens is 398 g/mol. The van der Waals surface area contributed by atoms with Crippen molar-refractivity contribution in [2.45, 2.75) is 90.4 Å². The fourth-order valence-electron chi connectivity index (χ4n) is 5.99. The van der Waals surface area contributed by atoms with E-state index in [2.05, 4.69) is 13.8 Å². The van der Waals surface area contributed by atoms with Crippen LogP contribution in [0.1, 0.15) is 78.1 Å². The summed E-state index contributed by atoms with van der Waals surface area (Å²) in [7, 11) is 0. The van der Waals surface area contributed by atoms with Gasteiger partial charge < -0.3 is 14.2 Å². The maximum atomic E-state index is 15.0. The van der Waals surface area contributed by atoms with E-state index in [1.807, 2.05) is 6.08 Å². The molecule has 0 spiro atoms. The Kier molecular flexibility index (Phi) is 8.22. The zero-order valence-electron chi connectivity index (χ0n) is 19.3. The number of rotatable bonds is 6. The van der Waals surface area contributed by atoms with E-state index in [9.17, 15) is 4.39 Å². The second-order valence-electron chi connectivity index (χ2n) is 10.2. The van der Waals surface area contributed by atoms with Gasteiger partial charge in [0.2, 0.25) is 0 Å². The number of hydrogen-bond donors (Lipinski definition) is 0. The Hall–Kier alpha value is -0.780. The molecular formula is C26H40F2O3. The van der Waals surface area contributed by atoms with Gasteiger partial charge in [-0.3, -0.25) is 0 Å². The van der Waals surface area contributed by atoms with Crippen LogP contribution in [-0.2, 0) is 14.2 Å². The normalized spacial score (nSPS) is 40.0. The lowest BCUT2D eigenvalue weighted by atomic mass is 9.73. The zero-order chi connectivity index (χ0) is 21.8. The zero-order valence-corrected chi connectivity index (χ0v) is 19.3. The summed E-state index contributed by atoms with van der Waals surface area (Å²) in [4.78, 5) is 0. The van der Waals surface area contributed by atoms with Gasteiger partial charge in [0, 0.05) is 12.5 Å². The highest BCUT2D eigenvalue weighted by atomic mass is 19.2. The molecule has 0 aromatic rings. The van der Waals surface area contributed by atoms with Crippen molar-refractivity contribution in [1.29, 1.82) is 0 Å². The molecule has 2 saturated heterocycles. The minimum absolute atomic E-state index is 0.122. The van der Waals surface area contributed by atoms with Gasteiger partial charge in [0.25, 0.3) is 0 Å². The molecule has 0 aromatic carbocycles. The molecule has 2 aliphatic carbocycles. The summed E-state index contributed by atoms with van der Waals surface area (Å²) in [6.07, 6.45) is 11.9. The van der Waals surface area contributed by atoms with Gasteiger partial charge in [0.05, 0.1) is 25.2 Å². The summed E-state index contributed by atoms with van der Waals surface area (Å²) in [5.74, 6) is -0.198. The topological polar surface area (TPSA) is 27.7 Å². The Balaban J connectivity index is 1.28. The minimum Gasteiger partial charge on any atom is -0.378 e. The van der Waals surface area contributed by atoms with E-state index in [0.717, 1.165) is 51.0 Å². The fraction of sp³-hybridized carbons (Fsp3) is 0.846. The number of halogens is 2. The summed E-state index contributed by atoms with van der Waals surface area (Å²) in [5, 5.41) is 0. The average molecular weight is 439 g/mol. The third kappa shape index (κ3) is 5.42. The van der Waals surface area contributed by atoms with E-state index in [1.54, 1.807) is 0 Å². The van der Waals surface area contributed by atoms with Crippen molar-refractivity contribution < 1.29 is 23.0 Å². The van der Waals surface area contributed by atoms with E-state index in [0.29, 0.717) is 43.1 Å². The second kappa shape index (κ2) is 10.9. The number of ether oxygens (including phenoxy) is 3. The van der Waals surface area contributed by atoms with Crippen LogP contribution >= 0.6 is 0 Å². The first kappa shape index (κ1) is 23.4. The molecule has 31 heavy (non-hydrogen) atoms. The molecule has 0 aromatic heterocycles. The van der Waals surface area contributed by atoms with Crippen LogP contribution in [0.25, 0.3) is 0 Å². The molecule has 3 nitrogen and oxygen atoms in total. The van der Waals surface area contributed by atoms with E-state index < -0.39 is 23.9 Å². The van der Waals surface area contributed by atoms with Gasteiger partial charge in [-0.15, -0.1) is 0 Å². The molecule has 3 fully saturated rings. The largest absolute Gasteiger partial charge is 0.378 e. The Labute approximate surface area is 186 Å². The van der Waals surface area contributed by atoms with Crippen LogP contribution in [0.5, 0.6) is 0 Å². The molecule has 4 rings (SSSR count). The van der Waals surface area contributed by atoms with Gasteiger partial charge in [-0.1, -0.05) is 26.3 Å². The molecule has 1 saturated carbocycles. The highest BCUT2D eigenvalue weighted by Crippen LogP contribution is 2.45. The Bertz CT molecular complexity index is 637. The maximum absolute atomic E-state index is 15.0. The van der Waals surface area contributed by atoms with Crippen molar-refractivity contribution >= 4 is 0 Å². The highest BCUT2D eigenvalue weighted by Gasteiger charge is 2.39. The van der Waals surface area contributed by atoms with Gasteiger partial charge in [0.1, 0.15) is 5.83 Å². The van der Waals surface area contributed by atoms with Crippen molar-refractivity contribution in [1.82, 2.24) is 0 Å². The van der Waals surface area contributed by atoms with Crippen LogP contribution in [0.3, 0.4) is 0 Å². The molecule has 0 amide bonds. The predicted molar refractivity (Wildman–Crippen MR) is 118 cm³/mol. The van der Waals surface area contributed by atoms with Crippen LogP contribution in [0.2, 0.25) is 0 Å². The van der Waals surface area contributed by atoms with Gasteiger partial charge in [-0.25, -0.2) is 8.78 Å². The number of allylic oxidation sites excluding steroid dienone is 3. The lowest BCUT2D eigenvalue weighted by Crippen LogP contribution is -2.38. The Morgan fingerprint density at radius 3 is 2.19 bits per heavy atom. The molecule has 176 valence electrons. The molecule has 5 heteroatoms. The summed E-state index contributed by atoms with van der Waals surface area (Å²) in [6, 6.07) is 0. The molecule has 4 aliphatic rings. The second-order valence-corrected chi connectivity index (χ2v) is 10.2. The third-order valence-corrected chi connectivity index (χ3v) is 8.12. The lowest BCUT2D eigenvalue weighted by Gasteiger charge is -2.39. The third-order valence-electron chi connectivity index (χ3n) is 8.12. The van der Waals surface area contributed by atoms with Gasteiger partial charge in [-0.2, -0.15) is 0 Å². The number of hydrogen-bond acceptors (Lipinski definition) is 3. The first-order chi connectivity index (χ1) is 15.1. The molecule has 0 radical (unpaired) electrons. The Morgan fingerprint density at radius 1 is 0.871 bits per heavy atom. The van der Waals surface area contributed by atoms with E-state index in [1.165, 1.54) is 19.3 Å². The van der Waals surface area contributed by atoms with Crippen LogP contribution in [0.15, 0.2) is 23.3 Å². The SMILES string of the molecule is CCCC1CCC(C2CCC(C3=CCC(C4OCC(CC)CO4)C(F)=C3F)CC2)OC1. The standard InChI is InChI=1S/C26H40F2O3/c1-3-5-18-6-13-23(29-16-18)20-9-7-19(8-10-20)21-11-12-22(25(28)24(21)27)26-30-14-17(4-2)15-31-26/h11,17-20,22-23,26H,3-10,12-16H2,1-2H3. The smallest absolute Gasteiger partial charge is 0.167 e. The fourth-order valence-corrected chi connectivity index (χ4v) is 5.99. The van der Waals surface area contributed by atoms with Crippen molar-refractivity contribution in [2.75, 3.05) is 19.8 Å². The van der Waals surface area contributed by atoms with Crippen LogP contribution in [-0.4, -0.2) is 32.2 Å². The molecule has 0 bridgehead atoms. The summed E-state index contributed by atoms with van der Waals surface area (Å²) in [5.41, 5.74) is 0.585. The van der Waals surface area contributed by atoms with Gasteiger partial charge >= 0.3 is 0 Å². The molecule has 2 heterocycles. The summed E-state index contributed by atoms with van der Waals surface area (Å²) >= 11 is 0. The lowest BCUT2D eigenvalue weighted by molar-refractivity contribution is -0.221. The Morgan fingerprint density at radius 2 is 1.58 bits per heavy atom. The molecule has 2 aliphatic heterocycles. The average Bonchev–Trinajstić information content (AvgIpc) is 2.82. The van der Waals surface area contributed by atoms with E-state index in [4.69, 9.17) is 14.2 Å². The van der Waals surface area contributed by atoms with Crippen molar-refractivity contribution in [2.24, 2.45) is 29.6 Å². The molecule has 3 unspecified atom stereocenters. The monoisotopic (exact) mass is 438 g/mol. The molecule has 0 N–H and O–H groups in total. The van der Waals surface area contributed by atoms with Crippen LogP contribution in [0.4, 0.5) is 8.78 Å². The maximum Gasteiger partial charge on any atom is 0.167 e. The predicted octanol–water partition coefficient (Wildman–Crippen LogP) is 6.88. The van der Waals surface area contributed by atoms with Crippen molar-refractivity contribution in [3.8, 4) is 0 Å². The summed E-state index contributed by atoms with van der Waals surface area (Å²) in [6.45, 7) is 6.36. The first-order valence-electron chi connectivity index (χ1n) is 12.7. The van der Waals surface area contributed by atoms with Crippen LogP contribution < -0.4 is 0 Å². The van der Waals surface area contributed by atoms with E-state index >= 15 is 4.39 Å². The molecule has 3 atom stereocenters.